The number of nitrogens with zero attached hydrogens (tertiary/aromatic N) is 2. The minimum atomic E-state index is -0.573. The minimum Gasteiger partial charge on any atom is -0.389 e. The number of β-amino-alcohol motifs (C(OH)–C–C–N with tert-alkyl or cyclic N) is 1. The van der Waals surface area contributed by atoms with Gasteiger partial charge in [0.15, 0.2) is 0 Å². The minimum absolute atomic E-state index is 0.430. The fourth-order valence-corrected chi connectivity index (χ4v) is 3.30. The summed E-state index contributed by atoms with van der Waals surface area (Å²) in [5.41, 5.74) is 5.56. The summed E-state index contributed by atoms with van der Waals surface area (Å²) in [5.74, 6) is 0.714. The zero-order valence-corrected chi connectivity index (χ0v) is 11.9. The first-order valence-corrected chi connectivity index (χ1v) is 7.37. The molecule has 1 aliphatic heterocycles. The molecule has 2 unspecified atom stereocenters. The molecule has 0 bridgehead atoms. The molecule has 0 amide bonds. The molecule has 3 N–H and O–H groups in total. The average molecular weight is 255 g/mol. The van der Waals surface area contributed by atoms with E-state index in [1.807, 2.05) is 13.8 Å². The predicted molar refractivity (Wildman–Crippen MR) is 74.5 cm³/mol. The van der Waals surface area contributed by atoms with E-state index >= 15 is 0 Å². The third-order valence-electron chi connectivity index (χ3n) is 4.29. The lowest BCUT2D eigenvalue weighted by Crippen LogP contribution is -2.51. The van der Waals surface area contributed by atoms with Crippen LogP contribution in [0.15, 0.2) is 0 Å². The largest absolute Gasteiger partial charge is 0.389 e. The van der Waals surface area contributed by atoms with E-state index in [9.17, 15) is 5.11 Å². The Labute approximate surface area is 111 Å². The Morgan fingerprint density at radius 2 is 1.72 bits per heavy atom. The lowest BCUT2D eigenvalue weighted by atomic mass is 10.0. The zero-order valence-electron chi connectivity index (χ0n) is 11.9. The molecular formula is C14H29N3O. The van der Waals surface area contributed by atoms with Gasteiger partial charge in [0.05, 0.1) is 5.60 Å². The number of nitrogens with two attached hydrogens (primary N) is 1. The second-order valence-corrected chi connectivity index (χ2v) is 6.74. The van der Waals surface area contributed by atoms with E-state index in [2.05, 4.69) is 9.80 Å². The number of hydrogen-bond acceptors (Lipinski definition) is 4. The first-order valence-electron chi connectivity index (χ1n) is 7.37. The van der Waals surface area contributed by atoms with Crippen molar-refractivity contribution >= 4 is 0 Å². The normalized spacial score (nSPS) is 32.0. The number of rotatable bonds is 4. The molecule has 2 aliphatic rings. The molecule has 0 spiro atoms. The van der Waals surface area contributed by atoms with Crippen LogP contribution in [-0.4, -0.2) is 65.8 Å². The van der Waals surface area contributed by atoms with Gasteiger partial charge in [-0.2, -0.15) is 0 Å². The second kappa shape index (κ2) is 5.87. The highest BCUT2D eigenvalue weighted by molar-refractivity contribution is 4.85. The van der Waals surface area contributed by atoms with Gasteiger partial charge in [0.1, 0.15) is 0 Å². The predicted octanol–water partition coefficient (Wildman–Crippen LogP) is 0.502. The molecule has 0 radical (unpaired) electrons. The van der Waals surface area contributed by atoms with Crippen molar-refractivity contribution in [1.29, 1.82) is 0 Å². The van der Waals surface area contributed by atoms with Crippen molar-refractivity contribution in [3.63, 3.8) is 0 Å². The van der Waals surface area contributed by atoms with E-state index in [0.717, 1.165) is 32.7 Å². The molecule has 1 saturated carbocycles. The summed E-state index contributed by atoms with van der Waals surface area (Å²) in [5, 5.41) is 9.83. The maximum atomic E-state index is 9.83. The molecule has 2 atom stereocenters. The van der Waals surface area contributed by atoms with Crippen molar-refractivity contribution in [2.24, 2.45) is 11.7 Å². The summed E-state index contributed by atoms with van der Waals surface area (Å²) in [6.45, 7) is 10.1. The van der Waals surface area contributed by atoms with Crippen LogP contribution in [0.2, 0.25) is 0 Å². The molecule has 1 heterocycles. The van der Waals surface area contributed by atoms with Gasteiger partial charge in [0, 0.05) is 45.3 Å². The van der Waals surface area contributed by atoms with Crippen LogP contribution in [0.4, 0.5) is 0 Å². The molecule has 4 nitrogen and oxygen atoms in total. The van der Waals surface area contributed by atoms with E-state index in [-0.39, 0.29) is 0 Å². The van der Waals surface area contributed by atoms with Gasteiger partial charge in [-0.3, -0.25) is 4.90 Å². The van der Waals surface area contributed by atoms with Gasteiger partial charge in [0.2, 0.25) is 0 Å². The molecule has 0 aromatic rings. The van der Waals surface area contributed by atoms with E-state index < -0.39 is 5.60 Å². The maximum absolute atomic E-state index is 9.83. The average Bonchev–Trinajstić information content (AvgIpc) is 2.65. The van der Waals surface area contributed by atoms with Crippen LogP contribution < -0.4 is 5.73 Å². The van der Waals surface area contributed by atoms with Crippen molar-refractivity contribution in [2.45, 2.75) is 44.8 Å². The van der Waals surface area contributed by atoms with Crippen molar-refractivity contribution in [1.82, 2.24) is 9.80 Å². The topological polar surface area (TPSA) is 52.7 Å². The summed E-state index contributed by atoms with van der Waals surface area (Å²) >= 11 is 0. The molecule has 18 heavy (non-hydrogen) atoms. The van der Waals surface area contributed by atoms with Crippen molar-refractivity contribution in [2.75, 3.05) is 39.3 Å². The highest BCUT2D eigenvalue weighted by Gasteiger charge is 2.28. The molecule has 2 rings (SSSR count). The summed E-state index contributed by atoms with van der Waals surface area (Å²) in [6, 6.07) is 0.430. The van der Waals surface area contributed by atoms with Crippen LogP contribution in [-0.2, 0) is 0 Å². The van der Waals surface area contributed by atoms with Gasteiger partial charge in [-0.1, -0.05) is 6.42 Å². The monoisotopic (exact) mass is 255 g/mol. The molecule has 106 valence electrons. The Hall–Kier alpha value is -0.160. The van der Waals surface area contributed by atoms with Crippen LogP contribution >= 0.6 is 0 Å². The Morgan fingerprint density at radius 1 is 1.11 bits per heavy atom. The van der Waals surface area contributed by atoms with Crippen molar-refractivity contribution in [3.8, 4) is 0 Å². The van der Waals surface area contributed by atoms with E-state index in [4.69, 9.17) is 5.73 Å². The van der Waals surface area contributed by atoms with E-state index in [0.29, 0.717) is 12.0 Å². The molecule has 2 fully saturated rings. The van der Waals surface area contributed by atoms with Crippen LogP contribution in [0.5, 0.6) is 0 Å². The molecule has 0 aromatic heterocycles. The summed E-state index contributed by atoms with van der Waals surface area (Å²) < 4.78 is 0. The van der Waals surface area contributed by atoms with Gasteiger partial charge in [-0.25, -0.2) is 0 Å². The lowest BCUT2D eigenvalue weighted by Gasteiger charge is -2.38. The molecule has 0 aromatic carbocycles. The molecule has 1 aliphatic carbocycles. The number of hydrogen-bond donors (Lipinski definition) is 2. The fraction of sp³-hybridized carbons (Fsp3) is 1.00. The van der Waals surface area contributed by atoms with Crippen LogP contribution in [0.25, 0.3) is 0 Å². The third-order valence-corrected chi connectivity index (χ3v) is 4.29. The number of aliphatic hydroxyl groups is 1. The second-order valence-electron chi connectivity index (χ2n) is 6.74. The first kappa shape index (κ1) is 14.3. The van der Waals surface area contributed by atoms with E-state index in [1.54, 1.807) is 0 Å². The quantitative estimate of drug-likeness (QED) is 0.768. The van der Waals surface area contributed by atoms with Crippen LogP contribution in [0.1, 0.15) is 33.1 Å². The van der Waals surface area contributed by atoms with Gasteiger partial charge in [-0.15, -0.1) is 0 Å². The zero-order chi connectivity index (χ0) is 13.2. The number of piperazine rings is 1. The molecular weight excluding hydrogens is 226 g/mol. The standard InChI is InChI=1S/C14H29N3O/c1-14(2,18)11-17-8-6-16(7-9-17)10-12-4-3-5-13(12)15/h12-13,18H,3-11,15H2,1-2H3. The summed E-state index contributed by atoms with van der Waals surface area (Å²) in [4.78, 5) is 4.92. The first-order chi connectivity index (χ1) is 8.44. The van der Waals surface area contributed by atoms with Gasteiger partial charge < -0.3 is 15.7 Å². The maximum Gasteiger partial charge on any atom is 0.0718 e. The smallest absolute Gasteiger partial charge is 0.0718 e. The molecule has 4 heteroatoms. The fourth-order valence-electron chi connectivity index (χ4n) is 3.30. The SMILES string of the molecule is CC(C)(O)CN1CCN(CC2CCCC2N)CC1. The van der Waals surface area contributed by atoms with Crippen molar-refractivity contribution in [3.05, 3.63) is 0 Å². The van der Waals surface area contributed by atoms with Gasteiger partial charge in [0.25, 0.3) is 0 Å². The lowest BCUT2D eigenvalue weighted by molar-refractivity contribution is 0.0155. The highest BCUT2D eigenvalue weighted by atomic mass is 16.3. The van der Waals surface area contributed by atoms with Crippen molar-refractivity contribution < 1.29 is 5.11 Å². The van der Waals surface area contributed by atoms with Crippen LogP contribution in [0.3, 0.4) is 0 Å². The van der Waals surface area contributed by atoms with Gasteiger partial charge >= 0.3 is 0 Å². The third kappa shape index (κ3) is 4.19. The van der Waals surface area contributed by atoms with E-state index in [1.165, 1.54) is 25.8 Å². The summed E-state index contributed by atoms with van der Waals surface area (Å²) in [7, 11) is 0. The van der Waals surface area contributed by atoms with Crippen LogP contribution in [0, 0.1) is 5.92 Å². The Balaban J connectivity index is 1.70. The Kier molecular flexibility index (Phi) is 4.64. The van der Waals surface area contributed by atoms with Gasteiger partial charge in [-0.05, 0) is 32.6 Å². The molecule has 1 saturated heterocycles. The highest BCUT2D eigenvalue weighted by Crippen LogP contribution is 2.25. The Morgan fingerprint density at radius 3 is 2.22 bits per heavy atom. The summed E-state index contributed by atoms with van der Waals surface area (Å²) in [6.07, 6.45) is 3.83. The Bertz CT molecular complexity index is 256.